The van der Waals surface area contributed by atoms with Gasteiger partial charge in [-0.25, -0.2) is 9.79 Å². The zero-order valence-electron chi connectivity index (χ0n) is 19.5. The van der Waals surface area contributed by atoms with Crippen molar-refractivity contribution in [3.05, 3.63) is 24.2 Å². The summed E-state index contributed by atoms with van der Waals surface area (Å²) in [5.41, 5.74) is -1.07. The molecule has 10 heteroatoms. The lowest BCUT2D eigenvalue weighted by atomic mass is 9.93. The number of hydrogen-bond acceptors (Lipinski definition) is 5. The third-order valence-corrected chi connectivity index (χ3v) is 4.48. The normalized spacial score (nSPS) is 11.9. The number of alkyl carbamates (subject to hydrolysis) is 1. The molecule has 0 radical (unpaired) electrons. The van der Waals surface area contributed by atoms with E-state index in [2.05, 4.69) is 26.3 Å². The van der Waals surface area contributed by atoms with E-state index in [1.807, 2.05) is 41.5 Å². The maximum Gasteiger partial charge on any atom is 0.408 e. The summed E-state index contributed by atoms with van der Waals surface area (Å²) < 4.78 is 10.6. The number of rotatable bonds is 10. The minimum absolute atomic E-state index is 0. The average Bonchev–Trinajstić information content (AvgIpc) is 3.19. The lowest BCUT2D eigenvalue weighted by molar-refractivity contribution is -0.119. The maximum absolute atomic E-state index is 12.3. The number of aliphatic imine (C=N–C) groups is 1. The average molecular weight is 551 g/mol. The Hall–Kier alpha value is -1.98. The lowest BCUT2D eigenvalue weighted by Gasteiger charge is -2.34. The second-order valence-corrected chi connectivity index (χ2v) is 8.02. The fourth-order valence-corrected chi connectivity index (χ4v) is 2.64. The first kappa shape index (κ1) is 29.0. The quantitative estimate of drug-likeness (QED) is 0.202. The van der Waals surface area contributed by atoms with Crippen LogP contribution >= 0.6 is 24.0 Å². The van der Waals surface area contributed by atoms with E-state index in [1.165, 1.54) is 0 Å². The first-order chi connectivity index (χ1) is 14.1. The third-order valence-electron chi connectivity index (χ3n) is 4.48. The van der Waals surface area contributed by atoms with Gasteiger partial charge in [-0.15, -0.1) is 24.0 Å². The Labute approximate surface area is 202 Å². The van der Waals surface area contributed by atoms with Gasteiger partial charge in [0, 0.05) is 13.1 Å². The SMILES string of the molecule is CCNC(=NCC(=O)NCc1ccco1)NCC(CC)(CC)NC(=O)OC(C)(C)C.I. The second-order valence-electron chi connectivity index (χ2n) is 8.02. The summed E-state index contributed by atoms with van der Waals surface area (Å²) in [4.78, 5) is 28.7. The van der Waals surface area contributed by atoms with Crippen LogP contribution in [0.5, 0.6) is 0 Å². The van der Waals surface area contributed by atoms with Gasteiger partial charge in [0.25, 0.3) is 0 Å². The van der Waals surface area contributed by atoms with Crippen molar-refractivity contribution in [1.82, 2.24) is 21.3 Å². The summed E-state index contributed by atoms with van der Waals surface area (Å²) >= 11 is 0. The van der Waals surface area contributed by atoms with Crippen LogP contribution in [0, 0.1) is 0 Å². The minimum Gasteiger partial charge on any atom is -0.467 e. The summed E-state index contributed by atoms with van der Waals surface area (Å²) in [6, 6.07) is 3.56. The predicted octanol–water partition coefficient (Wildman–Crippen LogP) is 3.15. The highest BCUT2D eigenvalue weighted by Gasteiger charge is 2.30. The molecular formula is C21H38IN5O4. The molecule has 1 aromatic heterocycles. The van der Waals surface area contributed by atoms with Crippen LogP contribution in [-0.2, 0) is 16.1 Å². The van der Waals surface area contributed by atoms with Crippen LogP contribution in [0.15, 0.2) is 27.8 Å². The summed E-state index contributed by atoms with van der Waals surface area (Å²) in [6.07, 6.45) is 2.52. The number of guanidine groups is 1. The van der Waals surface area contributed by atoms with E-state index >= 15 is 0 Å². The van der Waals surface area contributed by atoms with E-state index in [-0.39, 0.29) is 36.4 Å². The predicted molar refractivity (Wildman–Crippen MR) is 133 cm³/mol. The van der Waals surface area contributed by atoms with E-state index in [0.29, 0.717) is 44.2 Å². The molecule has 0 aliphatic rings. The van der Waals surface area contributed by atoms with Crippen molar-refractivity contribution in [2.24, 2.45) is 4.99 Å². The third kappa shape index (κ3) is 11.8. The fraction of sp³-hybridized carbons (Fsp3) is 0.667. The Kier molecular flexibility index (Phi) is 13.2. The van der Waals surface area contributed by atoms with E-state index in [1.54, 1.807) is 18.4 Å². The number of halogens is 1. The van der Waals surface area contributed by atoms with Crippen LogP contribution in [0.1, 0.15) is 60.1 Å². The first-order valence-electron chi connectivity index (χ1n) is 10.5. The Bertz CT molecular complexity index is 682. The number of furan rings is 1. The van der Waals surface area contributed by atoms with Gasteiger partial charge < -0.3 is 30.4 Å². The largest absolute Gasteiger partial charge is 0.467 e. The molecule has 1 heterocycles. The van der Waals surface area contributed by atoms with Crippen molar-refractivity contribution in [2.75, 3.05) is 19.6 Å². The van der Waals surface area contributed by atoms with Crippen molar-refractivity contribution in [1.29, 1.82) is 0 Å². The molecule has 9 nitrogen and oxygen atoms in total. The first-order valence-corrected chi connectivity index (χ1v) is 10.5. The maximum atomic E-state index is 12.3. The van der Waals surface area contributed by atoms with E-state index < -0.39 is 17.2 Å². The van der Waals surface area contributed by atoms with Gasteiger partial charge in [0.1, 0.15) is 17.9 Å². The Morgan fingerprint density at radius 3 is 2.29 bits per heavy atom. The standard InChI is InChI=1S/C21H37N5O4.HI/c1-7-21(8-2,26-19(28)30-20(4,5)6)15-25-18(22-9-3)24-14-17(27)23-13-16-11-10-12-29-16;/h10-12H,7-9,13-15H2,1-6H3,(H,23,27)(H,26,28)(H2,22,24,25);1H. The summed E-state index contributed by atoms with van der Waals surface area (Å²) in [5, 5.41) is 12.1. The minimum atomic E-state index is -0.565. The summed E-state index contributed by atoms with van der Waals surface area (Å²) in [7, 11) is 0. The van der Waals surface area contributed by atoms with Crippen molar-refractivity contribution in [3.63, 3.8) is 0 Å². The monoisotopic (exact) mass is 551 g/mol. The van der Waals surface area contributed by atoms with Crippen molar-refractivity contribution in [3.8, 4) is 0 Å². The summed E-state index contributed by atoms with van der Waals surface area (Å²) in [5.74, 6) is 0.969. The molecular weight excluding hydrogens is 513 g/mol. The molecule has 31 heavy (non-hydrogen) atoms. The summed E-state index contributed by atoms with van der Waals surface area (Å²) in [6.45, 7) is 12.8. The van der Waals surface area contributed by atoms with Gasteiger partial charge >= 0.3 is 6.09 Å². The van der Waals surface area contributed by atoms with Crippen LogP contribution in [0.2, 0.25) is 0 Å². The number of amides is 2. The van der Waals surface area contributed by atoms with Gasteiger partial charge in [-0.2, -0.15) is 0 Å². The van der Waals surface area contributed by atoms with Crippen LogP contribution in [0.25, 0.3) is 0 Å². The van der Waals surface area contributed by atoms with Gasteiger partial charge in [-0.1, -0.05) is 13.8 Å². The zero-order valence-corrected chi connectivity index (χ0v) is 21.8. The smallest absolute Gasteiger partial charge is 0.408 e. The number of nitrogens with zero attached hydrogens (tertiary/aromatic N) is 1. The van der Waals surface area contributed by atoms with Crippen molar-refractivity contribution < 1.29 is 18.7 Å². The zero-order chi connectivity index (χ0) is 22.6. The highest BCUT2D eigenvalue weighted by molar-refractivity contribution is 14.0. The molecule has 0 unspecified atom stereocenters. The Balaban J connectivity index is 0.00000900. The van der Waals surface area contributed by atoms with Gasteiger partial charge in [-0.3, -0.25) is 4.79 Å². The number of carbonyl (C=O) groups is 2. The van der Waals surface area contributed by atoms with Gasteiger partial charge in [0.2, 0.25) is 5.91 Å². The number of hydrogen-bond donors (Lipinski definition) is 4. The van der Waals surface area contributed by atoms with Crippen LogP contribution in [0.4, 0.5) is 4.79 Å². The van der Waals surface area contributed by atoms with Crippen LogP contribution in [0.3, 0.4) is 0 Å². The van der Waals surface area contributed by atoms with Crippen LogP contribution < -0.4 is 21.3 Å². The number of ether oxygens (including phenoxy) is 1. The molecule has 0 saturated heterocycles. The molecule has 2 amide bonds. The Morgan fingerprint density at radius 2 is 1.77 bits per heavy atom. The molecule has 0 aliphatic heterocycles. The van der Waals surface area contributed by atoms with Gasteiger partial charge in [0.05, 0.1) is 18.3 Å². The molecule has 0 fully saturated rings. The van der Waals surface area contributed by atoms with E-state index in [4.69, 9.17) is 9.15 Å². The fourth-order valence-electron chi connectivity index (χ4n) is 2.64. The number of carbonyl (C=O) groups excluding carboxylic acids is 2. The molecule has 0 aliphatic carbocycles. The topological polar surface area (TPSA) is 117 Å². The highest BCUT2D eigenvalue weighted by atomic mass is 127. The molecule has 0 atom stereocenters. The lowest BCUT2D eigenvalue weighted by Crippen LogP contribution is -2.57. The van der Waals surface area contributed by atoms with Crippen molar-refractivity contribution in [2.45, 2.75) is 72.1 Å². The van der Waals surface area contributed by atoms with Crippen molar-refractivity contribution >= 4 is 41.9 Å². The molecule has 0 spiro atoms. The molecule has 0 aromatic carbocycles. The number of nitrogens with one attached hydrogen (secondary N) is 4. The molecule has 4 N–H and O–H groups in total. The van der Waals surface area contributed by atoms with Gasteiger partial charge in [0.15, 0.2) is 5.96 Å². The molecule has 0 bridgehead atoms. The second kappa shape index (κ2) is 14.2. The molecule has 1 rings (SSSR count). The van der Waals surface area contributed by atoms with E-state index in [9.17, 15) is 9.59 Å². The molecule has 178 valence electrons. The highest BCUT2D eigenvalue weighted by Crippen LogP contribution is 2.16. The van der Waals surface area contributed by atoms with E-state index in [0.717, 1.165) is 0 Å². The molecule has 0 saturated carbocycles. The van der Waals surface area contributed by atoms with Gasteiger partial charge in [-0.05, 0) is 52.7 Å². The molecule has 1 aromatic rings. The van der Waals surface area contributed by atoms with Crippen LogP contribution in [-0.4, -0.2) is 48.7 Å². The Morgan fingerprint density at radius 1 is 1.10 bits per heavy atom.